The van der Waals surface area contributed by atoms with Gasteiger partial charge >= 0.3 is 6.85 Å². The van der Waals surface area contributed by atoms with Crippen molar-refractivity contribution in [1.82, 2.24) is 0 Å². The summed E-state index contributed by atoms with van der Waals surface area (Å²) in [5.74, 6) is 0. The first-order chi connectivity index (χ1) is 28.8. The predicted octanol–water partition coefficient (Wildman–Crippen LogP) is 14.4. The van der Waals surface area contributed by atoms with E-state index in [-0.39, 0.29) is 28.6 Å². The second kappa shape index (κ2) is 12.2. The maximum Gasteiger partial charge on any atom is 0.329 e. The van der Waals surface area contributed by atoms with Crippen LogP contribution in [-0.2, 0) is 16.2 Å². The van der Waals surface area contributed by atoms with Gasteiger partial charge in [0.05, 0.1) is 5.69 Å². The summed E-state index contributed by atoms with van der Waals surface area (Å²) in [6, 6.07) is 49.6. The van der Waals surface area contributed by atoms with Gasteiger partial charge in [0.2, 0.25) is 0 Å². The van der Waals surface area contributed by atoms with Crippen molar-refractivity contribution in [1.29, 1.82) is 0 Å². The predicted molar refractivity (Wildman–Crippen MR) is 262 cm³/mol. The lowest BCUT2D eigenvalue weighted by Gasteiger charge is -2.55. The van der Waals surface area contributed by atoms with Gasteiger partial charge in [-0.1, -0.05) is 146 Å². The molecular weight excluding hydrogens is 744 g/mol. The number of fused-ring (bicyclic) bond motifs is 13. The van der Waals surface area contributed by atoms with Crippen molar-refractivity contribution in [3.63, 3.8) is 0 Å². The van der Waals surface area contributed by atoms with E-state index >= 15 is 0 Å². The lowest BCUT2D eigenvalue weighted by atomic mass is 9.41. The van der Waals surface area contributed by atoms with Crippen LogP contribution in [0.1, 0.15) is 97.8 Å². The number of anilines is 4. The van der Waals surface area contributed by atoms with Gasteiger partial charge in [0.15, 0.2) is 0 Å². The normalized spacial score (nSPS) is 20.4. The zero-order valence-electron chi connectivity index (χ0n) is 36.3. The molecule has 296 valence electrons. The van der Waals surface area contributed by atoms with Crippen molar-refractivity contribution in [2.45, 2.75) is 103 Å². The summed E-state index contributed by atoms with van der Waals surface area (Å²) in [7, 11) is 0. The highest BCUT2D eigenvalue weighted by molar-refractivity contribution is 7.26. The molecule has 0 spiro atoms. The second-order valence-corrected chi connectivity index (χ2v) is 21.9. The third-order valence-corrected chi connectivity index (χ3v) is 16.6. The van der Waals surface area contributed by atoms with Gasteiger partial charge in [-0.05, 0) is 133 Å². The van der Waals surface area contributed by atoms with Crippen molar-refractivity contribution in [2.75, 3.05) is 9.71 Å². The van der Waals surface area contributed by atoms with Gasteiger partial charge in [-0.25, -0.2) is 0 Å². The van der Waals surface area contributed by atoms with Crippen molar-refractivity contribution in [3.05, 3.63) is 144 Å². The summed E-state index contributed by atoms with van der Waals surface area (Å²) < 4.78 is 2.73. The summed E-state index contributed by atoms with van der Waals surface area (Å²) in [5, 5.41) is 5.45. The molecule has 0 saturated heterocycles. The van der Waals surface area contributed by atoms with Crippen LogP contribution in [-0.4, -0.2) is 12.4 Å². The maximum absolute atomic E-state index is 3.02. The van der Waals surface area contributed by atoms with E-state index in [4.69, 9.17) is 0 Å². The van der Waals surface area contributed by atoms with Crippen LogP contribution in [0, 0.1) is 0 Å². The lowest BCUT2D eigenvalue weighted by molar-refractivity contribution is 0.199. The number of hydrogen-bond donors (Lipinski definition) is 0. The molecule has 1 saturated carbocycles. The standard InChI is InChI=1S/C56H53BN2S/c1-53(2,3)36-24-25-43(40(31-36)34-18-10-9-11-19-34)58-44-26-27-47-49(39-22-14-15-23-46(39)60-47)50(44)57-51-45(58)30-35-20-12-13-21-38(35)48(51)41-32-37(54(4,5)6)33-42-52(41)59(57)56(8)29-17-16-28-55(42,56)7/h9-15,18-27,30-33H,16-17,28-29H2,1-8H3. The van der Waals surface area contributed by atoms with E-state index in [9.17, 15) is 0 Å². The van der Waals surface area contributed by atoms with E-state index < -0.39 is 0 Å². The molecule has 2 atom stereocenters. The zero-order valence-corrected chi connectivity index (χ0v) is 37.1. The lowest BCUT2D eigenvalue weighted by Crippen LogP contribution is -2.70. The molecule has 4 heteroatoms. The van der Waals surface area contributed by atoms with E-state index in [1.807, 2.05) is 11.3 Å². The Labute approximate surface area is 360 Å². The Kier molecular flexibility index (Phi) is 7.41. The molecule has 1 fully saturated rings. The Morgan fingerprint density at radius 2 is 1.27 bits per heavy atom. The molecule has 8 aromatic rings. The third-order valence-electron chi connectivity index (χ3n) is 15.5. The van der Waals surface area contributed by atoms with Gasteiger partial charge in [-0.3, -0.25) is 0 Å². The number of nitrogens with zero attached hydrogens (tertiary/aromatic N) is 2. The molecule has 60 heavy (non-hydrogen) atoms. The van der Waals surface area contributed by atoms with Crippen LogP contribution in [0.25, 0.3) is 53.2 Å². The molecule has 1 aliphatic carbocycles. The van der Waals surface area contributed by atoms with Gasteiger partial charge in [0, 0.05) is 48.5 Å². The molecule has 1 aromatic heterocycles. The fraction of sp³-hybridized carbons (Fsp3) is 0.286. The smallest absolute Gasteiger partial charge is 0.329 e. The summed E-state index contributed by atoms with van der Waals surface area (Å²) >= 11 is 1.95. The SMILES string of the molecule is CC(C)(C)c1ccc(N2c3cc4ccccc4c4c3B(c3c2ccc2sc5ccccc5c32)N2c3c-4cc(C(C)(C)C)cc3C3(C)CCCCC23C)c(-c2ccccc2)c1. The number of thiophene rings is 1. The molecule has 0 radical (unpaired) electrons. The second-order valence-electron chi connectivity index (χ2n) is 20.8. The van der Waals surface area contributed by atoms with Crippen molar-refractivity contribution < 1.29 is 0 Å². The Morgan fingerprint density at radius 1 is 0.583 bits per heavy atom. The van der Waals surface area contributed by atoms with Crippen LogP contribution < -0.4 is 20.6 Å². The van der Waals surface area contributed by atoms with Crippen LogP contribution in [0.4, 0.5) is 22.7 Å². The number of benzene rings is 7. The summed E-state index contributed by atoms with van der Waals surface area (Å²) in [4.78, 5) is 5.71. The number of hydrogen-bond acceptors (Lipinski definition) is 3. The van der Waals surface area contributed by atoms with E-state index in [2.05, 4.69) is 192 Å². The molecule has 0 N–H and O–H groups in total. The van der Waals surface area contributed by atoms with Gasteiger partial charge < -0.3 is 9.71 Å². The highest BCUT2D eigenvalue weighted by atomic mass is 32.1. The Bertz CT molecular complexity index is 3130. The molecule has 4 heterocycles. The van der Waals surface area contributed by atoms with Gasteiger partial charge in [-0.15, -0.1) is 11.3 Å². The Hall–Kier alpha value is -5.32. The maximum atomic E-state index is 3.02. The quantitative estimate of drug-likeness (QED) is 0.161. The molecule has 2 unspecified atom stereocenters. The average molecular weight is 797 g/mol. The highest BCUT2D eigenvalue weighted by Gasteiger charge is 2.63. The molecule has 7 aromatic carbocycles. The molecule has 12 rings (SSSR count). The monoisotopic (exact) mass is 796 g/mol. The molecule has 0 bridgehead atoms. The van der Waals surface area contributed by atoms with Gasteiger partial charge in [0.25, 0.3) is 0 Å². The van der Waals surface area contributed by atoms with Crippen LogP contribution in [0.15, 0.2) is 127 Å². The van der Waals surface area contributed by atoms with E-state index in [0.29, 0.717) is 0 Å². The van der Waals surface area contributed by atoms with Gasteiger partial charge in [-0.2, -0.15) is 0 Å². The minimum absolute atomic E-state index is 0.000849. The number of rotatable bonds is 2. The third kappa shape index (κ3) is 4.72. The molecule has 4 aliphatic rings. The first-order valence-electron chi connectivity index (χ1n) is 22.3. The van der Waals surface area contributed by atoms with Crippen molar-refractivity contribution >= 4 is 82.8 Å². The van der Waals surface area contributed by atoms with Crippen LogP contribution in [0.2, 0.25) is 0 Å². The molecule has 2 nitrogen and oxygen atoms in total. The fourth-order valence-electron chi connectivity index (χ4n) is 12.1. The fourth-order valence-corrected chi connectivity index (χ4v) is 13.3. The largest absolute Gasteiger partial charge is 0.400 e. The van der Waals surface area contributed by atoms with Crippen molar-refractivity contribution in [2.24, 2.45) is 0 Å². The van der Waals surface area contributed by atoms with Crippen LogP contribution in [0.3, 0.4) is 0 Å². The highest BCUT2D eigenvalue weighted by Crippen LogP contribution is 2.64. The topological polar surface area (TPSA) is 6.48 Å². The summed E-state index contributed by atoms with van der Waals surface area (Å²) in [6.45, 7) is 19.6. The van der Waals surface area contributed by atoms with Gasteiger partial charge in [0.1, 0.15) is 0 Å². The molecule has 3 aliphatic heterocycles. The minimum atomic E-state index is -0.0684. The Balaban J connectivity index is 1.30. The van der Waals surface area contributed by atoms with E-state index in [1.54, 1.807) is 5.56 Å². The average Bonchev–Trinajstić information content (AvgIpc) is 3.72. The molecular formula is C56H53BN2S. The van der Waals surface area contributed by atoms with Crippen LogP contribution >= 0.6 is 11.3 Å². The minimum Gasteiger partial charge on any atom is -0.400 e. The summed E-state index contributed by atoms with van der Waals surface area (Å²) in [5.41, 5.74) is 17.9. The molecule has 0 amide bonds. The van der Waals surface area contributed by atoms with E-state index in [1.165, 1.54) is 124 Å². The first-order valence-corrected chi connectivity index (χ1v) is 23.1. The van der Waals surface area contributed by atoms with Crippen molar-refractivity contribution in [3.8, 4) is 22.3 Å². The first kappa shape index (κ1) is 36.5. The summed E-state index contributed by atoms with van der Waals surface area (Å²) in [6.07, 6.45) is 4.93. The van der Waals surface area contributed by atoms with Crippen LogP contribution in [0.5, 0.6) is 0 Å². The zero-order chi connectivity index (χ0) is 41.1. The van der Waals surface area contributed by atoms with E-state index in [0.717, 1.165) is 0 Å². The Morgan fingerprint density at radius 3 is 2.05 bits per heavy atom.